The summed E-state index contributed by atoms with van der Waals surface area (Å²) < 4.78 is 0. The van der Waals surface area contributed by atoms with Crippen molar-refractivity contribution in [2.75, 3.05) is 0 Å². The quantitative estimate of drug-likeness (QED) is 0.643. The molecule has 0 bridgehead atoms. The molecule has 98 valence electrons. The van der Waals surface area contributed by atoms with Crippen molar-refractivity contribution in [2.24, 2.45) is 5.92 Å². The van der Waals surface area contributed by atoms with Crippen LogP contribution in [0.25, 0.3) is 0 Å². The monoisotopic (exact) mass is 250 g/mol. The topological polar surface area (TPSA) is 72.2 Å². The van der Waals surface area contributed by atoms with Crippen molar-refractivity contribution in [3.8, 4) is 0 Å². The van der Waals surface area contributed by atoms with Gasteiger partial charge in [0.25, 0.3) is 5.69 Å². The van der Waals surface area contributed by atoms with Crippen molar-refractivity contribution in [1.82, 2.24) is 5.32 Å². The number of carbonyl (C=O) groups excluding carboxylic acids is 1. The Balaban J connectivity index is 2.73. The lowest BCUT2D eigenvalue weighted by Gasteiger charge is -2.17. The van der Waals surface area contributed by atoms with E-state index in [1.165, 1.54) is 6.07 Å². The van der Waals surface area contributed by atoms with Gasteiger partial charge in [0.1, 0.15) is 0 Å². The zero-order valence-electron chi connectivity index (χ0n) is 10.8. The maximum atomic E-state index is 11.8. The average Bonchev–Trinajstić information content (AvgIpc) is 2.28. The Morgan fingerprint density at radius 3 is 2.50 bits per heavy atom. The number of hydrogen-bond donors (Lipinski definition) is 1. The number of amides is 1. The molecule has 0 unspecified atom stereocenters. The third-order valence-electron chi connectivity index (χ3n) is 2.93. The molecular weight excluding hydrogens is 232 g/mol. The van der Waals surface area contributed by atoms with Crippen LogP contribution in [0.5, 0.6) is 0 Å². The zero-order chi connectivity index (χ0) is 13.7. The Morgan fingerprint density at radius 1 is 1.33 bits per heavy atom. The van der Waals surface area contributed by atoms with Crippen molar-refractivity contribution in [3.05, 3.63) is 39.9 Å². The largest absolute Gasteiger partial charge is 0.353 e. The fourth-order valence-corrected chi connectivity index (χ4v) is 1.48. The molecule has 1 atom stereocenters. The third-order valence-corrected chi connectivity index (χ3v) is 2.93. The molecule has 0 saturated carbocycles. The van der Waals surface area contributed by atoms with Crippen LogP contribution in [0.2, 0.25) is 0 Å². The average molecular weight is 250 g/mol. The standard InChI is InChI=1S/C13H18N2O3/c1-9(2)10(3)14-13(16)8-11-6-4-5-7-12(11)15(17)18/h4-7,9-10H,8H2,1-3H3,(H,14,16)/t10-/m1/s1. The molecule has 5 nitrogen and oxygen atoms in total. The molecule has 0 aromatic heterocycles. The van der Waals surface area contributed by atoms with Gasteiger partial charge in [-0.25, -0.2) is 0 Å². The van der Waals surface area contributed by atoms with Crippen molar-refractivity contribution in [2.45, 2.75) is 33.2 Å². The zero-order valence-corrected chi connectivity index (χ0v) is 10.8. The molecule has 1 rings (SSSR count). The van der Waals surface area contributed by atoms with Crippen LogP contribution in [0.15, 0.2) is 24.3 Å². The molecule has 0 aliphatic carbocycles. The van der Waals surface area contributed by atoms with Gasteiger partial charge in [0, 0.05) is 17.7 Å². The number of nitrogens with one attached hydrogen (secondary N) is 1. The number of rotatable bonds is 5. The molecule has 1 aromatic carbocycles. The number of nitro benzene ring substituents is 1. The van der Waals surface area contributed by atoms with Crippen molar-refractivity contribution < 1.29 is 9.72 Å². The highest BCUT2D eigenvalue weighted by Crippen LogP contribution is 2.18. The Labute approximate surface area is 106 Å². The van der Waals surface area contributed by atoms with Crippen LogP contribution in [0.1, 0.15) is 26.3 Å². The van der Waals surface area contributed by atoms with E-state index < -0.39 is 4.92 Å². The van der Waals surface area contributed by atoms with Gasteiger partial charge in [-0.2, -0.15) is 0 Å². The van der Waals surface area contributed by atoms with Crippen molar-refractivity contribution >= 4 is 11.6 Å². The molecule has 0 spiro atoms. The van der Waals surface area contributed by atoms with E-state index in [0.717, 1.165) is 0 Å². The van der Waals surface area contributed by atoms with Gasteiger partial charge >= 0.3 is 0 Å². The van der Waals surface area contributed by atoms with Crippen molar-refractivity contribution in [3.63, 3.8) is 0 Å². The van der Waals surface area contributed by atoms with E-state index in [0.29, 0.717) is 11.5 Å². The maximum absolute atomic E-state index is 11.8. The van der Waals surface area contributed by atoms with Crippen LogP contribution in [0.3, 0.4) is 0 Å². The molecular formula is C13H18N2O3. The van der Waals surface area contributed by atoms with E-state index in [1.807, 2.05) is 20.8 Å². The van der Waals surface area contributed by atoms with Crippen LogP contribution in [-0.2, 0) is 11.2 Å². The molecule has 1 aromatic rings. The van der Waals surface area contributed by atoms with E-state index in [1.54, 1.807) is 18.2 Å². The van der Waals surface area contributed by atoms with Crippen molar-refractivity contribution in [1.29, 1.82) is 0 Å². The van der Waals surface area contributed by atoms with Gasteiger partial charge in [-0.1, -0.05) is 32.0 Å². The molecule has 5 heteroatoms. The first kappa shape index (κ1) is 14.2. The molecule has 0 saturated heterocycles. The highest BCUT2D eigenvalue weighted by Gasteiger charge is 2.17. The number of nitrogens with zero attached hydrogens (tertiary/aromatic N) is 1. The van der Waals surface area contributed by atoms with Crippen LogP contribution in [0, 0.1) is 16.0 Å². The van der Waals surface area contributed by atoms with Gasteiger partial charge in [0.15, 0.2) is 0 Å². The Kier molecular flexibility index (Phi) is 4.83. The second kappa shape index (κ2) is 6.14. The number of benzene rings is 1. The van der Waals surface area contributed by atoms with Crippen LogP contribution in [0.4, 0.5) is 5.69 Å². The van der Waals surface area contributed by atoms with E-state index in [9.17, 15) is 14.9 Å². The van der Waals surface area contributed by atoms with Gasteiger partial charge < -0.3 is 5.32 Å². The summed E-state index contributed by atoms with van der Waals surface area (Å²) in [6.07, 6.45) is 0.0359. The summed E-state index contributed by atoms with van der Waals surface area (Å²) in [7, 11) is 0. The number of carbonyl (C=O) groups is 1. The lowest BCUT2D eigenvalue weighted by Crippen LogP contribution is -2.37. The first-order valence-corrected chi connectivity index (χ1v) is 5.93. The molecule has 18 heavy (non-hydrogen) atoms. The first-order chi connectivity index (χ1) is 8.41. The summed E-state index contributed by atoms with van der Waals surface area (Å²) in [5.41, 5.74) is 0.431. The minimum atomic E-state index is -0.464. The van der Waals surface area contributed by atoms with Gasteiger partial charge in [0.05, 0.1) is 11.3 Å². The van der Waals surface area contributed by atoms with Gasteiger partial charge in [0.2, 0.25) is 5.91 Å². The van der Waals surface area contributed by atoms with Crippen LogP contribution in [-0.4, -0.2) is 16.9 Å². The van der Waals surface area contributed by atoms with Gasteiger partial charge in [-0.05, 0) is 12.8 Å². The smallest absolute Gasteiger partial charge is 0.273 e. The van der Waals surface area contributed by atoms with Crippen LogP contribution >= 0.6 is 0 Å². The molecule has 0 heterocycles. The van der Waals surface area contributed by atoms with E-state index >= 15 is 0 Å². The molecule has 0 radical (unpaired) electrons. The summed E-state index contributed by atoms with van der Waals surface area (Å²) in [6, 6.07) is 6.37. The highest BCUT2D eigenvalue weighted by molar-refractivity contribution is 5.80. The highest BCUT2D eigenvalue weighted by atomic mass is 16.6. The number of nitro groups is 1. The summed E-state index contributed by atoms with van der Waals surface area (Å²) in [5.74, 6) is 0.144. The van der Waals surface area contributed by atoms with E-state index in [4.69, 9.17) is 0 Å². The Bertz CT molecular complexity index is 444. The Hall–Kier alpha value is -1.91. The SMILES string of the molecule is CC(C)[C@@H](C)NC(=O)Cc1ccccc1[N+](=O)[O-]. The fraction of sp³-hybridized carbons (Fsp3) is 0.462. The summed E-state index contributed by atoms with van der Waals surface area (Å²) >= 11 is 0. The Morgan fingerprint density at radius 2 is 1.94 bits per heavy atom. The minimum absolute atomic E-state index is 0.00940. The predicted molar refractivity (Wildman–Crippen MR) is 69.2 cm³/mol. The minimum Gasteiger partial charge on any atom is -0.353 e. The summed E-state index contributed by atoms with van der Waals surface area (Å²) in [5, 5.41) is 13.6. The first-order valence-electron chi connectivity index (χ1n) is 5.93. The number of para-hydroxylation sites is 1. The van der Waals surface area contributed by atoms with Crippen LogP contribution < -0.4 is 5.32 Å². The summed E-state index contributed by atoms with van der Waals surface area (Å²) in [6.45, 7) is 5.94. The lowest BCUT2D eigenvalue weighted by atomic mass is 10.1. The number of hydrogen-bond acceptors (Lipinski definition) is 3. The summed E-state index contributed by atoms with van der Waals surface area (Å²) in [4.78, 5) is 22.1. The maximum Gasteiger partial charge on any atom is 0.273 e. The molecule has 1 amide bonds. The van der Waals surface area contributed by atoms with Gasteiger partial charge in [-0.3, -0.25) is 14.9 Å². The van der Waals surface area contributed by atoms with Gasteiger partial charge in [-0.15, -0.1) is 0 Å². The van der Waals surface area contributed by atoms with E-state index in [-0.39, 0.29) is 24.1 Å². The fourth-order valence-electron chi connectivity index (χ4n) is 1.48. The molecule has 0 fully saturated rings. The lowest BCUT2D eigenvalue weighted by molar-refractivity contribution is -0.385. The molecule has 0 aliphatic heterocycles. The molecule has 0 aliphatic rings. The van der Waals surface area contributed by atoms with E-state index in [2.05, 4.69) is 5.32 Å². The molecule has 1 N–H and O–H groups in total. The normalized spacial score (nSPS) is 12.2. The second-order valence-electron chi connectivity index (χ2n) is 4.66. The predicted octanol–water partition coefficient (Wildman–Crippen LogP) is 2.30. The third kappa shape index (κ3) is 3.84. The second-order valence-corrected chi connectivity index (χ2v) is 4.66.